The van der Waals surface area contributed by atoms with Crippen LogP contribution in [0.2, 0.25) is 5.02 Å². The topological polar surface area (TPSA) is 33.1 Å². The Hall–Kier alpha value is -1.45. The summed E-state index contributed by atoms with van der Waals surface area (Å²) >= 11 is 5.93. The molecule has 18 heavy (non-hydrogen) atoms. The predicted octanol–water partition coefficient (Wildman–Crippen LogP) is 3.54. The smallest absolute Gasteiger partial charge is 0.123 e. The summed E-state index contributed by atoms with van der Waals surface area (Å²) in [6.45, 7) is 0. The fraction of sp³-hybridized carbons (Fsp3) is 0.214. The third kappa shape index (κ3) is 3.28. The molecular weight excluding hydrogens is 253 g/mol. The molecule has 94 valence electrons. The Morgan fingerprint density at radius 3 is 2.83 bits per heavy atom. The second kappa shape index (κ2) is 5.94. The normalized spacial score (nSPS) is 12.4. The first-order valence-corrected chi connectivity index (χ1v) is 6.07. The number of aliphatic hydroxyl groups excluding tert-OH is 1. The van der Waals surface area contributed by atoms with Gasteiger partial charge in [0.05, 0.1) is 6.10 Å². The molecule has 2 nitrogen and oxygen atoms in total. The zero-order chi connectivity index (χ0) is 13.0. The van der Waals surface area contributed by atoms with Gasteiger partial charge in [0, 0.05) is 22.5 Å². The number of pyridine rings is 1. The molecule has 1 aromatic heterocycles. The van der Waals surface area contributed by atoms with E-state index in [9.17, 15) is 9.50 Å². The Kier molecular flexibility index (Phi) is 4.28. The lowest BCUT2D eigenvalue weighted by Gasteiger charge is -2.12. The summed E-state index contributed by atoms with van der Waals surface area (Å²) in [7, 11) is 0. The molecule has 0 fully saturated rings. The highest BCUT2D eigenvalue weighted by Gasteiger charge is 2.12. The van der Waals surface area contributed by atoms with Crippen LogP contribution in [0.1, 0.15) is 23.8 Å². The summed E-state index contributed by atoms with van der Waals surface area (Å²) < 4.78 is 13.1. The Morgan fingerprint density at radius 1 is 1.28 bits per heavy atom. The van der Waals surface area contributed by atoms with Crippen LogP contribution in [0.15, 0.2) is 42.6 Å². The molecule has 2 aromatic rings. The summed E-state index contributed by atoms with van der Waals surface area (Å²) in [5.41, 5.74) is 1.32. The Morgan fingerprint density at radius 2 is 2.11 bits per heavy atom. The molecule has 1 atom stereocenters. The summed E-state index contributed by atoms with van der Waals surface area (Å²) in [5.74, 6) is -0.397. The molecule has 0 saturated heterocycles. The van der Waals surface area contributed by atoms with Gasteiger partial charge in [-0.2, -0.15) is 0 Å². The highest BCUT2D eigenvalue weighted by atomic mass is 35.5. The van der Waals surface area contributed by atoms with Crippen molar-refractivity contribution in [3.63, 3.8) is 0 Å². The van der Waals surface area contributed by atoms with Crippen LogP contribution in [0.3, 0.4) is 0 Å². The van der Waals surface area contributed by atoms with Gasteiger partial charge in [0.1, 0.15) is 5.82 Å². The summed E-state index contributed by atoms with van der Waals surface area (Å²) in [6.07, 6.45) is 2.00. The molecule has 0 aliphatic rings. The molecule has 1 heterocycles. The maximum atomic E-state index is 13.1. The van der Waals surface area contributed by atoms with Gasteiger partial charge in [0.15, 0.2) is 0 Å². The second-order valence-electron chi connectivity index (χ2n) is 4.04. The lowest BCUT2D eigenvalue weighted by Crippen LogP contribution is -2.02. The first-order valence-electron chi connectivity index (χ1n) is 5.70. The van der Waals surface area contributed by atoms with E-state index in [0.717, 1.165) is 5.69 Å². The highest BCUT2D eigenvalue weighted by Crippen LogP contribution is 2.26. The van der Waals surface area contributed by atoms with Crippen LogP contribution >= 0.6 is 11.6 Å². The van der Waals surface area contributed by atoms with E-state index in [1.165, 1.54) is 18.2 Å². The molecule has 0 radical (unpaired) electrons. The van der Waals surface area contributed by atoms with Crippen LogP contribution in [-0.4, -0.2) is 10.1 Å². The van der Waals surface area contributed by atoms with E-state index in [1.807, 2.05) is 18.2 Å². The number of rotatable bonds is 4. The van der Waals surface area contributed by atoms with E-state index >= 15 is 0 Å². The van der Waals surface area contributed by atoms with Gasteiger partial charge in [0.25, 0.3) is 0 Å². The van der Waals surface area contributed by atoms with Gasteiger partial charge in [-0.05, 0) is 43.2 Å². The molecule has 1 unspecified atom stereocenters. The van der Waals surface area contributed by atoms with Crippen LogP contribution in [0.5, 0.6) is 0 Å². The number of halogens is 2. The van der Waals surface area contributed by atoms with Gasteiger partial charge in [-0.25, -0.2) is 4.39 Å². The van der Waals surface area contributed by atoms with Crippen molar-refractivity contribution in [1.82, 2.24) is 4.98 Å². The first-order chi connectivity index (χ1) is 8.66. The molecule has 0 aliphatic heterocycles. The van der Waals surface area contributed by atoms with Crippen LogP contribution in [0.25, 0.3) is 0 Å². The van der Waals surface area contributed by atoms with Crippen LogP contribution < -0.4 is 0 Å². The number of benzene rings is 1. The Balaban J connectivity index is 2.03. The molecule has 0 aliphatic carbocycles. The van der Waals surface area contributed by atoms with E-state index in [-0.39, 0.29) is 0 Å². The fourth-order valence-electron chi connectivity index (χ4n) is 1.76. The average molecular weight is 266 g/mol. The van der Waals surface area contributed by atoms with Crippen molar-refractivity contribution in [2.75, 3.05) is 0 Å². The maximum Gasteiger partial charge on any atom is 0.123 e. The van der Waals surface area contributed by atoms with Crippen molar-refractivity contribution in [1.29, 1.82) is 0 Å². The van der Waals surface area contributed by atoms with Crippen molar-refractivity contribution in [2.45, 2.75) is 18.9 Å². The van der Waals surface area contributed by atoms with Gasteiger partial charge in [-0.15, -0.1) is 0 Å². The molecule has 0 spiro atoms. The molecule has 0 amide bonds. The van der Waals surface area contributed by atoms with Crippen LogP contribution in [-0.2, 0) is 6.42 Å². The number of aliphatic hydroxyl groups is 1. The van der Waals surface area contributed by atoms with Crippen molar-refractivity contribution >= 4 is 11.6 Å². The predicted molar refractivity (Wildman–Crippen MR) is 68.9 cm³/mol. The van der Waals surface area contributed by atoms with E-state index in [4.69, 9.17) is 11.6 Å². The summed E-state index contributed by atoms with van der Waals surface area (Å²) in [4.78, 5) is 4.17. The molecule has 1 aromatic carbocycles. The molecule has 0 saturated carbocycles. The van der Waals surface area contributed by atoms with Crippen molar-refractivity contribution in [2.24, 2.45) is 0 Å². The minimum absolute atomic E-state index is 0.380. The van der Waals surface area contributed by atoms with Gasteiger partial charge in [-0.3, -0.25) is 4.98 Å². The van der Waals surface area contributed by atoms with Crippen LogP contribution in [0, 0.1) is 5.82 Å². The third-order valence-corrected chi connectivity index (χ3v) is 3.06. The number of hydrogen-bond donors (Lipinski definition) is 1. The highest BCUT2D eigenvalue weighted by molar-refractivity contribution is 6.31. The zero-order valence-corrected chi connectivity index (χ0v) is 10.4. The Bertz CT molecular complexity index is 518. The third-order valence-electron chi connectivity index (χ3n) is 2.72. The number of nitrogens with zero attached hydrogens (tertiary/aromatic N) is 1. The van der Waals surface area contributed by atoms with Crippen molar-refractivity contribution in [3.05, 3.63) is 64.7 Å². The monoisotopic (exact) mass is 265 g/mol. The first kappa shape index (κ1) is 13.0. The number of hydrogen-bond acceptors (Lipinski definition) is 2. The van der Waals surface area contributed by atoms with Crippen molar-refractivity contribution in [3.8, 4) is 0 Å². The van der Waals surface area contributed by atoms with Gasteiger partial charge < -0.3 is 5.11 Å². The minimum atomic E-state index is -0.782. The number of aryl methyl sites for hydroxylation is 1. The molecule has 1 N–H and O–H groups in total. The fourth-order valence-corrected chi connectivity index (χ4v) is 2.00. The van der Waals surface area contributed by atoms with Gasteiger partial charge in [0.2, 0.25) is 0 Å². The van der Waals surface area contributed by atoms with Gasteiger partial charge >= 0.3 is 0 Å². The van der Waals surface area contributed by atoms with E-state index in [1.54, 1.807) is 6.20 Å². The molecular formula is C14H13ClFNO. The molecule has 0 bridgehead atoms. The Labute approximate surface area is 110 Å². The quantitative estimate of drug-likeness (QED) is 0.917. The lowest BCUT2D eigenvalue weighted by atomic mass is 10.0. The maximum absolute atomic E-state index is 13.1. The summed E-state index contributed by atoms with van der Waals surface area (Å²) in [5, 5.41) is 10.4. The zero-order valence-electron chi connectivity index (χ0n) is 9.68. The van der Waals surface area contributed by atoms with E-state index < -0.39 is 11.9 Å². The van der Waals surface area contributed by atoms with Crippen molar-refractivity contribution < 1.29 is 9.50 Å². The lowest BCUT2D eigenvalue weighted by molar-refractivity contribution is 0.167. The van der Waals surface area contributed by atoms with Crippen LogP contribution in [0.4, 0.5) is 4.39 Å². The molecule has 4 heteroatoms. The SMILES string of the molecule is OC(CCc1ccccn1)c1cc(F)ccc1Cl. The van der Waals surface area contributed by atoms with E-state index in [0.29, 0.717) is 23.4 Å². The largest absolute Gasteiger partial charge is 0.388 e. The minimum Gasteiger partial charge on any atom is -0.388 e. The average Bonchev–Trinajstić information content (AvgIpc) is 2.40. The summed E-state index contributed by atoms with van der Waals surface area (Å²) in [6, 6.07) is 9.62. The molecule has 2 rings (SSSR count). The second-order valence-corrected chi connectivity index (χ2v) is 4.45. The number of aromatic nitrogens is 1. The standard InChI is InChI=1S/C14H13ClFNO/c15-13-6-4-10(16)9-12(13)14(18)7-5-11-3-1-2-8-17-11/h1-4,6,8-9,14,18H,5,7H2. The van der Waals surface area contributed by atoms with Gasteiger partial charge in [-0.1, -0.05) is 17.7 Å². The van der Waals surface area contributed by atoms with E-state index in [2.05, 4.69) is 4.98 Å².